The predicted octanol–water partition coefficient (Wildman–Crippen LogP) is 4.80. The maximum atomic E-state index is 13.2. The quantitative estimate of drug-likeness (QED) is 0.397. The highest BCUT2D eigenvalue weighted by atomic mass is 16.7. The van der Waals surface area contributed by atoms with Crippen molar-refractivity contribution in [2.24, 2.45) is 11.8 Å². The van der Waals surface area contributed by atoms with Gasteiger partial charge in [0.25, 0.3) is 0 Å². The number of hydrogen-bond acceptors (Lipinski definition) is 8. The van der Waals surface area contributed by atoms with Crippen molar-refractivity contribution in [3.63, 3.8) is 0 Å². The van der Waals surface area contributed by atoms with Crippen LogP contribution in [0.4, 0.5) is 9.59 Å². The molecule has 1 aliphatic carbocycles. The van der Waals surface area contributed by atoms with Crippen molar-refractivity contribution in [2.75, 3.05) is 13.2 Å². The Morgan fingerprint density at radius 2 is 1.06 bits per heavy atom. The van der Waals surface area contributed by atoms with E-state index in [9.17, 15) is 19.2 Å². The first-order chi connectivity index (χ1) is 15.2. The Morgan fingerprint density at radius 1 is 0.688 bits per heavy atom. The minimum absolute atomic E-state index is 0.0826. The first-order valence-electron chi connectivity index (χ1n) is 10.2. The second-order valence-corrected chi connectivity index (χ2v) is 8.13. The van der Waals surface area contributed by atoms with Gasteiger partial charge in [0, 0.05) is 11.1 Å². The molecule has 0 atom stereocenters. The molecule has 0 unspecified atom stereocenters. The molecule has 0 radical (unpaired) electrons. The van der Waals surface area contributed by atoms with Crippen LogP contribution in [-0.4, -0.2) is 37.1 Å². The number of ketones is 2. The first kappa shape index (κ1) is 23.0. The van der Waals surface area contributed by atoms with Gasteiger partial charge in [0.15, 0.2) is 11.6 Å². The molecule has 0 saturated carbocycles. The summed E-state index contributed by atoms with van der Waals surface area (Å²) in [6.45, 7) is 7.69. The molecule has 0 bridgehead atoms. The van der Waals surface area contributed by atoms with Crippen LogP contribution in [0.3, 0.4) is 0 Å². The Hall–Kier alpha value is -3.68. The summed E-state index contributed by atoms with van der Waals surface area (Å²) in [6.07, 6.45) is -2.02. The van der Waals surface area contributed by atoms with Gasteiger partial charge in [-0.25, -0.2) is 9.59 Å². The van der Waals surface area contributed by atoms with Crippen molar-refractivity contribution in [1.82, 2.24) is 0 Å². The third-order valence-corrected chi connectivity index (χ3v) is 4.45. The van der Waals surface area contributed by atoms with E-state index in [2.05, 4.69) is 0 Å². The highest BCUT2D eigenvalue weighted by Crippen LogP contribution is 2.39. The van der Waals surface area contributed by atoms with E-state index in [0.717, 1.165) is 0 Å². The van der Waals surface area contributed by atoms with E-state index in [1.807, 2.05) is 27.7 Å². The zero-order valence-corrected chi connectivity index (χ0v) is 18.3. The zero-order valence-electron chi connectivity index (χ0n) is 18.3. The van der Waals surface area contributed by atoms with Crippen molar-refractivity contribution in [3.05, 3.63) is 58.7 Å². The third kappa shape index (κ3) is 4.96. The van der Waals surface area contributed by atoms with Crippen molar-refractivity contribution in [3.8, 4) is 11.5 Å². The van der Waals surface area contributed by atoms with Crippen LogP contribution in [0.1, 0.15) is 59.5 Å². The first-order valence-corrected chi connectivity index (χ1v) is 10.2. The number of carbonyl (C=O) groups is 4. The summed E-state index contributed by atoms with van der Waals surface area (Å²) in [5.74, 6) is -1.24. The van der Waals surface area contributed by atoms with Gasteiger partial charge in [0.1, 0.15) is 11.5 Å². The molecule has 2 aromatic carbocycles. The van der Waals surface area contributed by atoms with E-state index >= 15 is 0 Å². The molecule has 168 valence electrons. The summed E-state index contributed by atoms with van der Waals surface area (Å²) in [7, 11) is 0. The Bertz CT molecular complexity index is 984. The van der Waals surface area contributed by atoms with E-state index in [1.165, 1.54) is 24.3 Å². The lowest BCUT2D eigenvalue weighted by Crippen LogP contribution is -2.25. The second-order valence-electron chi connectivity index (χ2n) is 8.13. The second kappa shape index (κ2) is 9.64. The van der Waals surface area contributed by atoms with Crippen molar-refractivity contribution < 1.29 is 38.1 Å². The molecule has 32 heavy (non-hydrogen) atoms. The van der Waals surface area contributed by atoms with Gasteiger partial charge in [-0.2, -0.15) is 0 Å². The molecule has 1 aliphatic rings. The van der Waals surface area contributed by atoms with Crippen LogP contribution in [0.5, 0.6) is 11.5 Å². The summed E-state index contributed by atoms with van der Waals surface area (Å²) in [5, 5.41) is 0. The van der Waals surface area contributed by atoms with Gasteiger partial charge in [0.05, 0.1) is 24.3 Å². The number of rotatable bonds is 6. The lowest BCUT2D eigenvalue weighted by Gasteiger charge is -2.21. The van der Waals surface area contributed by atoms with Crippen molar-refractivity contribution in [1.29, 1.82) is 0 Å². The molecule has 8 heteroatoms. The summed E-state index contributed by atoms with van der Waals surface area (Å²) >= 11 is 0. The van der Waals surface area contributed by atoms with E-state index < -0.39 is 23.9 Å². The monoisotopic (exact) mass is 440 g/mol. The smallest absolute Gasteiger partial charge is 0.434 e. The highest BCUT2D eigenvalue weighted by molar-refractivity contribution is 6.30. The Balaban J connectivity index is 2.01. The van der Waals surface area contributed by atoms with Crippen molar-refractivity contribution >= 4 is 23.9 Å². The van der Waals surface area contributed by atoms with Gasteiger partial charge in [-0.1, -0.05) is 52.0 Å². The number of carbonyl (C=O) groups excluding carboxylic acids is 4. The van der Waals surface area contributed by atoms with Crippen LogP contribution >= 0.6 is 0 Å². The lowest BCUT2D eigenvalue weighted by molar-refractivity contribution is 0.0842. The summed E-state index contributed by atoms with van der Waals surface area (Å²) in [6, 6.07) is 8.80. The minimum atomic E-state index is -1.01. The fourth-order valence-corrected chi connectivity index (χ4v) is 3.04. The molecule has 0 N–H and O–H groups in total. The Morgan fingerprint density at radius 3 is 1.41 bits per heavy atom. The SMILES string of the molecule is CC(C)COC(=O)Oc1ccc(OC(=O)OCC(C)C)c2c1C(=O)c1ccccc1C2=O. The van der Waals surface area contributed by atoms with Crippen LogP contribution < -0.4 is 9.47 Å². The van der Waals surface area contributed by atoms with Gasteiger partial charge < -0.3 is 18.9 Å². The fraction of sp³-hybridized carbons (Fsp3) is 0.333. The fourth-order valence-electron chi connectivity index (χ4n) is 3.04. The average molecular weight is 440 g/mol. The molecule has 0 aliphatic heterocycles. The van der Waals surface area contributed by atoms with Crippen LogP contribution in [0.2, 0.25) is 0 Å². The van der Waals surface area contributed by atoms with E-state index in [4.69, 9.17) is 18.9 Å². The van der Waals surface area contributed by atoms with Crippen LogP contribution in [0.15, 0.2) is 36.4 Å². The Labute approximate surface area is 185 Å². The third-order valence-electron chi connectivity index (χ3n) is 4.45. The summed E-state index contributed by atoms with van der Waals surface area (Å²) in [4.78, 5) is 50.6. The minimum Gasteiger partial charge on any atom is -0.434 e. The predicted molar refractivity (Wildman–Crippen MR) is 113 cm³/mol. The molecule has 0 spiro atoms. The molecule has 0 heterocycles. The van der Waals surface area contributed by atoms with Crippen LogP contribution in [0, 0.1) is 11.8 Å². The molecular formula is C24H24O8. The van der Waals surface area contributed by atoms with E-state index in [1.54, 1.807) is 12.1 Å². The normalized spacial score (nSPS) is 12.3. The largest absolute Gasteiger partial charge is 0.513 e. The van der Waals surface area contributed by atoms with Crippen LogP contribution in [-0.2, 0) is 9.47 Å². The van der Waals surface area contributed by atoms with Gasteiger partial charge in [-0.05, 0) is 24.0 Å². The maximum Gasteiger partial charge on any atom is 0.513 e. The van der Waals surface area contributed by atoms with E-state index in [0.29, 0.717) is 0 Å². The standard InChI is InChI=1S/C24H24O8/c1-13(2)11-29-23(27)31-17-9-10-18(32-24(28)30-12-14(3)4)20-19(17)21(25)15-7-5-6-8-16(15)22(20)26/h5-10,13-14H,11-12H2,1-4H3. The lowest BCUT2D eigenvalue weighted by atomic mass is 9.83. The van der Waals surface area contributed by atoms with E-state index in [-0.39, 0.29) is 58.8 Å². The number of fused-ring (bicyclic) bond motifs is 2. The van der Waals surface area contributed by atoms with Gasteiger partial charge in [-0.3, -0.25) is 9.59 Å². The maximum absolute atomic E-state index is 13.2. The van der Waals surface area contributed by atoms with Crippen molar-refractivity contribution in [2.45, 2.75) is 27.7 Å². The van der Waals surface area contributed by atoms with Crippen LogP contribution in [0.25, 0.3) is 0 Å². The topological polar surface area (TPSA) is 105 Å². The molecule has 3 rings (SSSR count). The molecule has 0 amide bonds. The molecule has 0 aromatic heterocycles. The molecular weight excluding hydrogens is 416 g/mol. The average Bonchev–Trinajstić information content (AvgIpc) is 2.75. The Kier molecular flexibility index (Phi) is 6.92. The zero-order chi connectivity index (χ0) is 23.4. The summed E-state index contributed by atoms with van der Waals surface area (Å²) in [5.41, 5.74) is -0.0384. The van der Waals surface area contributed by atoms with Gasteiger partial charge >= 0.3 is 12.3 Å². The molecule has 0 saturated heterocycles. The molecule has 2 aromatic rings. The van der Waals surface area contributed by atoms with Gasteiger partial charge in [0.2, 0.25) is 0 Å². The number of ether oxygens (including phenoxy) is 4. The molecule has 8 nitrogen and oxygen atoms in total. The summed E-state index contributed by atoms with van der Waals surface area (Å²) < 4.78 is 20.5. The van der Waals surface area contributed by atoms with Gasteiger partial charge in [-0.15, -0.1) is 0 Å². The number of hydrogen-bond donors (Lipinski definition) is 0. The molecule has 0 fully saturated rings. The number of benzene rings is 2. The highest BCUT2D eigenvalue weighted by Gasteiger charge is 2.36.